The molecule has 0 saturated heterocycles. The molecule has 37 heavy (non-hydrogen) atoms. The standard InChI is InChI=1S/C30H21BrClNO4/c1-35-27-17-20(15-25(31)28(27)36-18-19-6-5-9-24(32)14-19)16-26-30(34)37-29(33-26)23-12-10-22(11-13-23)21-7-3-2-4-8-21/h2-17H,18H2,1H3/b26-16-. The molecule has 5 rings (SSSR count). The molecule has 0 aromatic heterocycles. The number of ether oxygens (including phenoxy) is 3. The van der Waals surface area contributed by atoms with Crippen LogP contribution in [-0.2, 0) is 16.1 Å². The molecule has 7 heteroatoms. The van der Waals surface area contributed by atoms with Gasteiger partial charge in [0, 0.05) is 10.6 Å². The van der Waals surface area contributed by atoms with Gasteiger partial charge in [-0.15, -0.1) is 0 Å². The van der Waals surface area contributed by atoms with Gasteiger partial charge in [-0.1, -0.05) is 66.2 Å². The molecule has 0 amide bonds. The van der Waals surface area contributed by atoms with Gasteiger partial charge in [-0.2, -0.15) is 0 Å². The number of carbonyl (C=O) groups excluding carboxylic acids is 1. The number of carbonyl (C=O) groups is 1. The van der Waals surface area contributed by atoms with Crippen LogP contribution in [0.25, 0.3) is 17.2 Å². The van der Waals surface area contributed by atoms with E-state index < -0.39 is 5.97 Å². The van der Waals surface area contributed by atoms with Gasteiger partial charge in [0.05, 0.1) is 11.6 Å². The molecule has 1 aliphatic heterocycles. The fourth-order valence-corrected chi connectivity index (χ4v) is 4.66. The highest BCUT2D eigenvalue weighted by Gasteiger charge is 2.24. The highest BCUT2D eigenvalue weighted by molar-refractivity contribution is 9.10. The number of halogens is 2. The predicted octanol–water partition coefficient (Wildman–Crippen LogP) is 7.70. The minimum absolute atomic E-state index is 0.198. The normalized spacial score (nSPS) is 13.9. The van der Waals surface area contributed by atoms with Crippen molar-refractivity contribution in [2.24, 2.45) is 4.99 Å². The van der Waals surface area contributed by atoms with Crippen LogP contribution in [0.3, 0.4) is 0 Å². The second kappa shape index (κ2) is 11.0. The Bertz CT molecular complexity index is 1510. The molecule has 0 atom stereocenters. The van der Waals surface area contributed by atoms with Crippen LogP contribution in [0.5, 0.6) is 11.5 Å². The number of hydrogen-bond acceptors (Lipinski definition) is 5. The van der Waals surface area contributed by atoms with Crippen LogP contribution in [0.1, 0.15) is 16.7 Å². The van der Waals surface area contributed by atoms with Gasteiger partial charge in [0.15, 0.2) is 17.2 Å². The summed E-state index contributed by atoms with van der Waals surface area (Å²) in [5.41, 5.74) is 4.73. The highest BCUT2D eigenvalue weighted by atomic mass is 79.9. The lowest BCUT2D eigenvalue weighted by Crippen LogP contribution is -2.05. The maximum Gasteiger partial charge on any atom is 0.363 e. The minimum Gasteiger partial charge on any atom is -0.493 e. The summed E-state index contributed by atoms with van der Waals surface area (Å²) in [6.45, 7) is 0.318. The minimum atomic E-state index is -0.515. The van der Waals surface area contributed by atoms with Crippen molar-refractivity contribution < 1.29 is 19.0 Å². The van der Waals surface area contributed by atoms with Crippen LogP contribution in [0.15, 0.2) is 106 Å². The number of methoxy groups -OCH3 is 1. The van der Waals surface area contributed by atoms with Gasteiger partial charge in [0.2, 0.25) is 5.90 Å². The fourth-order valence-electron chi connectivity index (χ4n) is 3.87. The van der Waals surface area contributed by atoms with Gasteiger partial charge < -0.3 is 14.2 Å². The zero-order chi connectivity index (χ0) is 25.8. The summed E-state index contributed by atoms with van der Waals surface area (Å²) >= 11 is 9.62. The molecule has 0 saturated carbocycles. The van der Waals surface area contributed by atoms with Crippen molar-refractivity contribution in [3.05, 3.63) is 123 Å². The molecule has 1 aliphatic rings. The van der Waals surface area contributed by atoms with E-state index in [1.165, 1.54) is 0 Å². The van der Waals surface area contributed by atoms with Gasteiger partial charge in [0.25, 0.3) is 0 Å². The molecule has 0 unspecified atom stereocenters. The van der Waals surface area contributed by atoms with E-state index in [0.29, 0.717) is 33.2 Å². The Balaban J connectivity index is 1.36. The summed E-state index contributed by atoms with van der Waals surface area (Å²) in [5.74, 6) is 0.804. The fraction of sp³-hybridized carbons (Fsp3) is 0.0667. The van der Waals surface area contributed by atoms with Crippen molar-refractivity contribution >= 4 is 45.5 Å². The Hall–Kier alpha value is -3.87. The third kappa shape index (κ3) is 5.77. The Morgan fingerprint density at radius 3 is 2.38 bits per heavy atom. The maximum atomic E-state index is 12.6. The number of nitrogens with zero attached hydrogens (tertiary/aromatic N) is 1. The molecule has 0 spiro atoms. The molecule has 0 bridgehead atoms. The molecule has 184 valence electrons. The van der Waals surface area contributed by atoms with E-state index in [4.69, 9.17) is 25.8 Å². The van der Waals surface area contributed by atoms with Crippen LogP contribution >= 0.6 is 27.5 Å². The van der Waals surface area contributed by atoms with E-state index in [1.807, 2.05) is 84.9 Å². The molecule has 0 aliphatic carbocycles. The number of hydrogen-bond donors (Lipinski definition) is 0. The van der Waals surface area contributed by atoms with E-state index in [9.17, 15) is 4.79 Å². The monoisotopic (exact) mass is 573 g/mol. The number of rotatable bonds is 7. The Kier molecular flexibility index (Phi) is 7.40. The van der Waals surface area contributed by atoms with E-state index in [0.717, 1.165) is 22.3 Å². The molecular formula is C30H21BrClNO4. The summed E-state index contributed by atoms with van der Waals surface area (Å²) in [6, 6.07) is 28.9. The topological polar surface area (TPSA) is 57.1 Å². The van der Waals surface area contributed by atoms with Gasteiger partial charge in [-0.3, -0.25) is 0 Å². The lowest BCUT2D eigenvalue weighted by atomic mass is 10.0. The first-order chi connectivity index (χ1) is 18.0. The van der Waals surface area contributed by atoms with E-state index in [-0.39, 0.29) is 11.6 Å². The van der Waals surface area contributed by atoms with Crippen LogP contribution < -0.4 is 9.47 Å². The quantitative estimate of drug-likeness (QED) is 0.168. The smallest absolute Gasteiger partial charge is 0.363 e. The zero-order valence-corrected chi connectivity index (χ0v) is 22.1. The lowest BCUT2D eigenvalue weighted by molar-refractivity contribution is -0.129. The average molecular weight is 575 g/mol. The molecule has 4 aromatic rings. The van der Waals surface area contributed by atoms with Crippen molar-refractivity contribution in [2.45, 2.75) is 6.61 Å². The van der Waals surface area contributed by atoms with Gasteiger partial charge in [-0.25, -0.2) is 9.79 Å². The van der Waals surface area contributed by atoms with Crippen molar-refractivity contribution in [1.82, 2.24) is 0 Å². The third-order valence-electron chi connectivity index (χ3n) is 5.69. The molecule has 4 aromatic carbocycles. The van der Waals surface area contributed by atoms with E-state index in [1.54, 1.807) is 19.3 Å². The first-order valence-corrected chi connectivity index (χ1v) is 12.6. The lowest BCUT2D eigenvalue weighted by Gasteiger charge is -2.14. The molecule has 1 heterocycles. The molecular weight excluding hydrogens is 554 g/mol. The number of esters is 1. The van der Waals surface area contributed by atoms with E-state index in [2.05, 4.69) is 20.9 Å². The largest absolute Gasteiger partial charge is 0.493 e. The summed E-state index contributed by atoms with van der Waals surface area (Å²) in [7, 11) is 1.56. The second-order valence-electron chi connectivity index (χ2n) is 8.23. The first-order valence-electron chi connectivity index (χ1n) is 11.4. The van der Waals surface area contributed by atoms with Crippen LogP contribution in [0.2, 0.25) is 5.02 Å². The second-order valence-corrected chi connectivity index (χ2v) is 9.52. The first kappa shape index (κ1) is 24.8. The summed E-state index contributed by atoms with van der Waals surface area (Å²) in [4.78, 5) is 17.0. The predicted molar refractivity (Wildman–Crippen MR) is 149 cm³/mol. The SMILES string of the molecule is COc1cc(/C=C2\N=C(c3ccc(-c4ccccc4)cc3)OC2=O)cc(Br)c1OCc1cccc(Cl)c1. The summed E-state index contributed by atoms with van der Waals surface area (Å²) < 4.78 is 17.7. The van der Waals surface area contributed by atoms with Gasteiger partial charge >= 0.3 is 5.97 Å². The van der Waals surface area contributed by atoms with Crippen molar-refractivity contribution in [2.75, 3.05) is 7.11 Å². The molecule has 0 N–H and O–H groups in total. The number of aliphatic imine (C=N–C) groups is 1. The van der Waals surface area contributed by atoms with Crippen molar-refractivity contribution in [3.8, 4) is 22.6 Å². The summed E-state index contributed by atoms with van der Waals surface area (Å²) in [5, 5.41) is 0.643. The maximum absolute atomic E-state index is 12.6. The Morgan fingerprint density at radius 1 is 0.919 bits per heavy atom. The number of benzene rings is 4. The molecule has 5 nitrogen and oxygen atoms in total. The zero-order valence-electron chi connectivity index (χ0n) is 19.8. The molecule has 0 fully saturated rings. The van der Waals surface area contributed by atoms with Gasteiger partial charge in [-0.05, 0) is 80.7 Å². The number of cyclic esters (lactones) is 1. The Morgan fingerprint density at radius 2 is 1.65 bits per heavy atom. The Labute approximate surface area is 228 Å². The van der Waals surface area contributed by atoms with Crippen molar-refractivity contribution in [1.29, 1.82) is 0 Å². The van der Waals surface area contributed by atoms with Crippen LogP contribution in [-0.4, -0.2) is 19.0 Å². The van der Waals surface area contributed by atoms with E-state index >= 15 is 0 Å². The highest BCUT2D eigenvalue weighted by Crippen LogP contribution is 2.38. The van der Waals surface area contributed by atoms with Crippen LogP contribution in [0.4, 0.5) is 0 Å². The summed E-state index contributed by atoms with van der Waals surface area (Å²) in [6.07, 6.45) is 1.65. The van der Waals surface area contributed by atoms with Crippen molar-refractivity contribution in [3.63, 3.8) is 0 Å². The van der Waals surface area contributed by atoms with Crippen LogP contribution in [0, 0.1) is 0 Å². The van der Waals surface area contributed by atoms with Gasteiger partial charge in [0.1, 0.15) is 6.61 Å². The molecule has 0 radical (unpaired) electrons. The average Bonchev–Trinajstić information content (AvgIpc) is 3.28. The third-order valence-corrected chi connectivity index (χ3v) is 6.51.